The van der Waals surface area contributed by atoms with E-state index in [2.05, 4.69) is 53.5 Å². The number of nitrogens with one attached hydrogen (secondary N) is 1. The molecular weight excluding hydrogens is 320 g/mol. The van der Waals surface area contributed by atoms with Crippen LogP contribution in [0, 0.1) is 5.92 Å². The van der Waals surface area contributed by atoms with Gasteiger partial charge in [0.2, 0.25) is 0 Å². The Bertz CT molecular complexity index is 767. The molecule has 1 amide bonds. The van der Waals surface area contributed by atoms with Gasteiger partial charge in [-0.05, 0) is 80.4 Å². The molecule has 2 aromatic rings. The summed E-state index contributed by atoms with van der Waals surface area (Å²) >= 11 is 0. The summed E-state index contributed by atoms with van der Waals surface area (Å²) in [4.78, 5) is 15.5. The van der Waals surface area contributed by atoms with Gasteiger partial charge in [0.25, 0.3) is 5.91 Å². The molecule has 0 bridgehead atoms. The van der Waals surface area contributed by atoms with E-state index in [1.807, 2.05) is 12.1 Å². The van der Waals surface area contributed by atoms with Crippen LogP contribution in [0.15, 0.2) is 48.5 Å². The molecule has 1 aliphatic carbocycles. The van der Waals surface area contributed by atoms with E-state index < -0.39 is 0 Å². The Morgan fingerprint density at radius 3 is 2.54 bits per heavy atom. The Morgan fingerprint density at radius 1 is 1.08 bits per heavy atom. The Balaban J connectivity index is 1.60. The number of hydrogen-bond donors (Lipinski definition) is 1. The van der Waals surface area contributed by atoms with Gasteiger partial charge in [-0.3, -0.25) is 4.79 Å². The van der Waals surface area contributed by atoms with Gasteiger partial charge in [-0.25, -0.2) is 0 Å². The third-order valence-electron chi connectivity index (χ3n) is 5.85. The molecule has 2 aromatic carbocycles. The minimum Gasteiger partial charge on any atom is -0.331 e. The average molecular weight is 348 g/mol. The molecular formula is C23H28N2O. The summed E-state index contributed by atoms with van der Waals surface area (Å²) in [7, 11) is 0. The Hall–Kier alpha value is -2.13. The molecule has 1 unspecified atom stereocenters. The van der Waals surface area contributed by atoms with Crippen molar-refractivity contribution >= 4 is 5.91 Å². The first kappa shape index (κ1) is 17.3. The fraction of sp³-hybridized carbons (Fsp3) is 0.435. The van der Waals surface area contributed by atoms with E-state index >= 15 is 0 Å². The highest BCUT2D eigenvalue weighted by atomic mass is 16.2. The summed E-state index contributed by atoms with van der Waals surface area (Å²) in [5, 5.41) is 3.44. The van der Waals surface area contributed by atoms with E-state index in [1.54, 1.807) is 0 Å². The molecule has 3 heteroatoms. The molecule has 1 aliphatic heterocycles. The van der Waals surface area contributed by atoms with Gasteiger partial charge < -0.3 is 10.2 Å². The SMILES string of the molecule is CC(C1CC1)N(Cc1ccccc1)C(=O)c1ccc2c(c1)CCNCC2. The van der Waals surface area contributed by atoms with Crippen molar-refractivity contribution in [1.82, 2.24) is 10.2 Å². The van der Waals surface area contributed by atoms with E-state index in [4.69, 9.17) is 0 Å². The summed E-state index contributed by atoms with van der Waals surface area (Å²) in [5.74, 6) is 0.834. The maximum atomic E-state index is 13.4. The van der Waals surface area contributed by atoms with Gasteiger partial charge in [0.1, 0.15) is 0 Å². The summed E-state index contributed by atoms with van der Waals surface area (Å²) in [6.45, 7) is 4.93. The molecule has 1 N–H and O–H groups in total. The summed E-state index contributed by atoms with van der Waals surface area (Å²) in [5.41, 5.74) is 4.76. The molecule has 1 atom stereocenters. The van der Waals surface area contributed by atoms with E-state index in [0.29, 0.717) is 18.5 Å². The molecule has 0 spiro atoms. The number of benzene rings is 2. The van der Waals surface area contributed by atoms with Gasteiger partial charge in [-0.1, -0.05) is 36.4 Å². The van der Waals surface area contributed by atoms with Crippen molar-refractivity contribution in [1.29, 1.82) is 0 Å². The molecule has 136 valence electrons. The Labute approximate surface area is 156 Å². The minimum absolute atomic E-state index is 0.174. The number of carbonyl (C=O) groups excluding carboxylic acids is 1. The monoisotopic (exact) mass is 348 g/mol. The number of hydrogen-bond acceptors (Lipinski definition) is 2. The largest absolute Gasteiger partial charge is 0.331 e. The summed E-state index contributed by atoms with van der Waals surface area (Å²) in [6.07, 6.45) is 4.55. The first-order valence-corrected chi connectivity index (χ1v) is 9.90. The highest BCUT2D eigenvalue weighted by molar-refractivity contribution is 5.94. The molecule has 3 nitrogen and oxygen atoms in total. The van der Waals surface area contributed by atoms with Gasteiger partial charge in [-0.15, -0.1) is 0 Å². The first-order valence-electron chi connectivity index (χ1n) is 9.90. The Kier molecular flexibility index (Phi) is 5.07. The molecule has 4 rings (SSSR count). The third kappa shape index (κ3) is 3.83. The van der Waals surface area contributed by atoms with Crippen molar-refractivity contribution in [3.63, 3.8) is 0 Å². The van der Waals surface area contributed by atoms with E-state index in [9.17, 15) is 4.79 Å². The smallest absolute Gasteiger partial charge is 0.254 e. The lowest BCUT2D eigenvalue weighted by Gasteiger charge is -2.30. The van der Waals surface area contributed by atoms with Crippen LogP contribution in [0.2, 0.25) is 0 Å². The van der Waals surface area contributed by atoms with Crippen LogP contribution >= 0.6 is 0 Å². The highest BCUT2D eigenvalue weighted by Crippen LogP contribution is 2.36. The van der Waals surface area contributed by atoms with Gasteiger partial charge in [-0.2, -0.15) is 0 Å². The van der Waals surface area contributed by atoms with Crippen LogP contribution in [0.25, 0.3) is 0 Å². The molecule has 2 aliphatic rings. The second kappa shape index (κ2) is 7.63. The maximum Gasteiger partial charge on any atom is 0.254 e. The lowest BCUT2D eigenvalue weighted by molar-refractivity contribution is 0.0654. The van der Waals surface area contributed by atoms with Crippen molar-refractivity contribution in [3.8, 4) is 0 Å². The topological polar surface area (TPSA) is 32.3 Å². The quantitative estimate of drug-likeness (QED) is 0.891. The summed E-state index contributed by atoms with van der Waals surface area (Å²) in [6, 6.07) is 17.0. The molecule has 0 aromatic heterocycles. The van der Waals surface area contributed by atoms with Crippen LogP contribution in [-0.4, -0.2) is 29.9 Å². The molecule has 1 heterocycles. The lowest BCUT2D eigenvalue weighted by Crippen LogP contribution is -2.39. The zero-order valence-corrected chi connectivity index (χ0v) is 15.6. The van der Waals surface area contributed by atoms with Crippen molar-refractivity contribution in [2.45, 2.75) is 45.2 Å². The number of carbonyl (C=O) groups is 1. The normalized spacial score (nSPS) is 17.9. The predicted molar refractivity (Wildman–Crippen MR) is 105 cm³/mol. The van der Waals surface area contributed by atoms with Gasteiger partial charge in [0.15, 0.2) is 0 Å². The number of fused-ring (bicyclic) bond motifs is 1. The van der Waals surface area contributed by atoms with Gasteiger partial charge in [0, 0.05) is 18.2 Å². The van der Waals surface area contributed by atoms with Crippen LogP contribution < -0.4 is 5.32 Å². The molecule has 0 radical (unpaired) electrons. The van der Waals surface area contributed by atoms with E-state index in [0.717, 1.165) is 31.5 Å². The fourth-order valence-electron chi connectivity index (χ4n) is 3.99. The number of rotatable bonds is 5. The van der Waals surface area contributed by atoms with Crippen LogP contribution in [-0.2, 0) is 19.4 Å². The molecule has 1 fully saturated rings. The van der Waals surface area contributed by atoms with E-state index in [1.165, 1.54) is 29.5 Å². The zero-order valence-electron chi connectivity index (χ0n) is 15.6. The van der Waals surface area contributed by atoms with Crippen LogP contribution in [0.4, 0.5) is 0 Å². The molecule has 26 heavy (non-hydrogen) atoms. The summed E-state index contributed by atoms with van der Waals surface area (Å²) < 4.78 is 0. The number of amides is 1. The Morgan fingerprint density at radius 2 is 1.81 bits per heavy atom. The second-order valence-corrected chi connectivity index (χ2v) is 7.73. The highest BCUT2D eigenvalue weighted by Gasteiger charge is 2.34. The molecule has 0 saturated heterocycles. The fourth-order valence-corrected chi connectivity index (χ4v) is 3.99. The van der Waals surface area contributed by atoms with Crippen LogP contribution in [0.3, 0.4) is 0 Å². The molecule has 1 saturated carbocycles. The maximum absolute atomic E-state index is 13.4. The first-order chi connectivity index (χ1) is 12.7. The number of nitrogens with zero attached hydrogens (tertiary/aromatic N) is 1. The minimum atomic E-state index is 0.174. The average Bonchev–Trinajstić information content (AvgIpc) is 3.52. The van der Waals surface area contributed by atoms with Crippen molar-refractivity contribution < 1.29 is 4.79 Å². The van der Waals surface area contributed by atoms with Crippen molar-refractivity contribution in [2.24, 2.45) is 5.92 Å². The zero-order chi connectivity index (χ0) is 17.9. The van der Waals surface area contributed by atoms with Crippen molar-refractivity contribution in [2.75, 3.05) is 13.1 Å². The standard InChI is InChI=1S/C23H28N2O/c1-17(19-7-8-19)25(16-18-5-3-2-4-6-18)23(26)22-10-9-20-11-13-24-14-12-21(20)15-22/h2-6,9-10,15,17,19,24H,7-8,11-14,16H2,1H3. The van der Waals surface area contributed by atoms with Gasteiger partial charge >= 0.3 is 0 Å². The van der Waals surface area contributed by atoms with Crippen molar-refractivity contribution in [3.05, 3.63) is 70.8 Å². The third-order valence-corrected chi connectivity index (χ3v) is 5.85. The van der Waals surface area contributed by atoms with E-state index in [-0.39, 0.29) is 5.91 Å². The lowest BCUT2D eigenvalue weighted by atomic mass is 9.99. The van der Waals surface area contributed by atoms with Crippen LogP contribution in [0.1, 0.15) is 46.8 Å². The second-order valence-electron chi connectivity index (χ2n) is 7.73. The van der Waals surface area contributed by atoms with Gasteiger partial charge in [0.05, 0.1) is 0 Å². The predicted octanol–water partition coefficient (Wildman–Crippen LogP) is 3.82. The van der Waals surface area contributed by atoms with Crippen LogP contribution in [0.5, 0.6) is 0 Å².